The molecule has 0 unspecified atom stereocenters. The van der Waals surface area contributed by atoms with Crippen LogP contribution in [-0.4, -0.2) is 15.6 Å². The molecule has 1 saturated carbocycles. The summed E-state index contributed by atoms with van der Waals surface area (Å²) in [7, 11) is 0. The van der Waals surface area contributed by atoms with E-state index in [-0.39, 0.29) is 17.3 Å². The summed E-state index contributed by atoms with van der Waals surface area (Å²) in [6.45, 7) is 1.92. The average molecular weight is 243 g/mol. The van der Waals surface area contributed by atoms with Crippen molar-refractivity contribution in [2.75, 3.05) is 0 Å². The van der Waals surface area contributed by atoms with E-state index in [4.69, 9.17) is 0 Å². The number of rotatable bonds is 2. The van der Waals surface area contributed by atoms with E-state index in [2.05, 4.69) is 0 Å². The van der Waals surface area contributed by atoms with Gasteiger partial charge in [0.15, 0.2) is 0 Å². The van der Waals surface area contributed by atoms with Gasteiger partial charge in [0.1, 0.15) is 5.69 Å². The Morgan fingerprint density at radius 2 is 2.06 bits per heavy atom. The molecule has 4 nitrogen and oxygen atoms in total. The molecule has 1 aromatic heterocycles. The van der Waals surface area contributed by atoms with Crippen LogP contribution in [0.3, 0.4) is 0 Å². The molecule has 0 spiro atoms. The smallest absolute Gasteiger partial charge is 0.352 e. The number of aryl methyl sites for hydroxylation is 1. The minimum atomic E-state index is -1.04. The summed E-state index contributed by atoms with van der Waals surface area (Å²) >= 11 is 0. The Kier molecular flexibility index (Phi) is 2.26. The molecule has 0 atom stereocenters. The van der Waals surface area contributed by atoms with Gasteiger partial charge in [0, 0.05) is 11.4 Å². The van der Waals surface area contributed by atoms with Crippen LogP contribution in [0.4, 0.5) is 0 Å². The third kappa shape index (κ3) is 1.61. The Bertz CT molecular complexity index is 711. The molecule has 0 bridgehead atoms. The Balaban J connectivity index is 2.41. The van der Waals surface area contributed by atoms with E-state index in [0.29, 0.717) is 10.8 Å². The van der Waals surface area contributed by atoms with Crippen molar-refractivity contribution in [3.8, 4) is 0 Å². The maximum absolute atomic E-state index is 12.4. The van der Waals surface area contributed by atoms with E-state index in [9.17, 15) is 14.7 Å². The number of pyridine rings is 1. The summed E-state index contributed by atoms with van der Waals surface area (Å²) in [5.41, 5.74) is 0.917. The first-order valence-electron chi connectivity index (χ1n) is 5.97. The summed E-state index contributed by atoms with van der Waals surface area (Å²) in [6.07, 6.45) is 1.77. The molecule has 1 aromatic carbocycles. The molecule has 3 rings (SSSR count). The van der Waals surface area contributed by atoms with Gasteiger partial charge in [-0.1, -0.05) is 17.7 Å². The molecule has 18 heavy (non-hydrogen) atoms. The molecule has 92 valence electrons. The standard InChI is InChI=1S/C14H13NO3/c1-8-2-3-9-7-12(14(17)18)15(10-4-5-10)13(16)11(9)6-8/h2-3,6-7,10H,4-5H2,1H3,(H,17,18). The molecule has 1 N–H and O–H groups in total. The van der Waals surface area contributed by atoms with Crippen LogP contribution in [-0.2, 0) is 0 Å². The molecule has 0 aliphatic heterocycles. The van der Waals surface area contributed by atoms with Crippen LogP contribution in [0.25, 0.3) is 10.8 Å². The fourth-order valence-corrected chi connectivity index (χ4v) is 2.30. The van der Waals surface area contributed by atoms with Gasteiger partial charge in [-0.3, -0.25) is 9.36 Å². The van der Waals surface area contributed by atoms with Crippen LogP contribution in [0.1, 0.15) is 34.9 Å². The minimum absolute atomic E-state index is 0.0634. The number of hydrogen-bond acceptors (Lipinski definition) is 2. The number of carbonyl (C=O) groups is 1. The van der Waals surface area contributed by atoms with Gasteiger partial charge in [0.25, 0.3) is 5.56 Å². The molecule has 1 aliphatic carbocycles. The number of benzene rings is 1. The summed E-state index contributed by atoms with van der Waals surface area (Å²) < 4.78 is 1.43. The SMILES string of the molecule is Cc1ccc2cc(C(=O)O)n(C3CC3)c(=O)c2c1. The largest absolute Gasteiger partial charge is 0.477 e. The number of fused-ring (bicyclic) bond motifs is 1. The Morgan fingerprint density at radius 1 is 1.33 bits per heavy atom. The molecule has 1 heterocycles. The van der Waals surface area contributed by atoms with Crippen molar-refractivity contribution < 1.29 is 9.90 Å². The zero-order chi connectivity index (χ0) is 12.9. The first kappa shape index (κ1) is 11.0. The van der Waals surface area contributed by atoms with Crippen molar-refractivity contribution in [3.05, 3.63) is 45.9 Å². The van der Waals surface area contributed by atoms with Crippen molar-refractivity contribution in [3.63, 3.8) is 0 Å². The fraction of sp³-hybridized carbons (Fsp3) is 0.286. The van der Waals surface area contributed by atoms with E-state index < -0.39 is 5.97 Å². The Hall–Kier alpha value is -2.10. The highest BCUT2D eigenvalue weighted by atomic mass is 16.4. The highest BCUT2D eigenvalue weighted by molar-refractivity contribution is 5.92. The zero-order valence-electron chi connectivity index (χ0n) is 10.0. The lowest BCUT2D eigenvalue weighted by atomic mass is 10.1. The van der Waals surface area contributed by atoms with E-state index in [1.165, 1.54) is 4.57 Å². The number of carboxylic acids is 1. The minimum Gasteiger partial charge on any atom is -0.477 e. The summed E-state index contributed by atoms with van der Waals surface area (Å²) in [4.78, 5) is 23.6. The molecule has 1 aliphatic rings. The van der Waals surface area contributed by atoms with Crippen LogP contribution in [0.5, 0.6) is 0 Å². The van der Waals surface area contributed by atoms with Gasteiger partial charge >= 0.3 is 5.97 Å². The van der Waals surface area contributed by atoms with Gasteiger partial charge in [-0.15, -0.1) is 0 Å². The van der Waals surface area contributed by atoms with Crippen LogP contribution in [0.2, 0.25) is 0 Å². The average Bonchev–Trinajstić information content (AvgIpc) is 3.13. The highest BCUT2D eigenvalue weighted by Gasteiger charge is 2.29. The molecular weight excluding hydrogens is 230 g/mol. The lowest BCUT2D eigenvalue weighted by molar-refractivity contribution is 0.0683. The number of carboxylic acid groups (broad SMARTS) is 1. The maximum atomic E-state index is 12.4. The van der Waals surface area contributed by atoms with Crippen molar-refractivity contribution >= 4 is 16.7 Å². The van der Waals surface area contributed by atoms with Crippen LogP contribution >= 0.6 is 0 Å². The monoisotopic (exact) mass is 243 g/mol. The normalized spacial score (nSPS) is 14.9. The van der Waals surface area contributed by atoms with Crippen molar-refractivity contribution in [2.24, 2.45) is 0 Å². The summed E-state index contributed by atoms with van der Waals surface area (Å²) in [5.74, 6) is -1.04. The van der Waals surface area contributed by atoms with Crippen LogP contribution in [0, 0.1) is 6.92 Å². The molecule has 0 amide bonds. The second-order valence-corrected chi connectivity index (χ2v) is 4.83. The molecule has 1 fully saturated rings. The quantitative estimate of drug-likeness (QED) is 0.880. The van der Waals surface area contributed by atoms with Gasteiger partial charge in [0.05, 0.1) is 0 Å². The van der Waals surface area contributed by atoms with Crippen molar-refractivity contribution in [1.82, 2.24) is 4.57 Å². The van der Waals surface area contributed by atoms with E-state index in [0.717, 1.165) is 18.4 Å². The van der Waals surface area contributed by atoms with Crippen LogP contribution in [0.15, 0.2) is 29.1 Å². The number of hydrogen-bond donors (Lipinski definition) is 1. The van der Waals surface area contributed by atoms with Crippen molar-refractivity contribution in [2.45, 2.75) is 25.8 Å². The summed E-state index contributed by atoms with van der Waals surface area (Å²) in [5, 5.41) is 10.5. The Morgan fingerprint density at radius 3 is 2.67 bits per heavy atom. The first-order chi connectivity index (χ1) is 8.58. The fourth-order valence-electron chi connectivity index (χ4n) is 2.30. The molecule has 0 radical (unpaired) electrons. The van der Waals surface area contributed by atoms with Gasteiger partial charge in [-0.2, -0.15) is 0 Å². The van der Waals surface area contributed by atoms with Crippen molar-refractivity contribution in [1.29, 1.82) is 0 Å². The van der Waals surface area contributed by atoms with Gasteiger partial charge in [-0.05, 0) is 37.3 Å². The first-order valence-corrected chi connectivity index (χ1v) is 5.97. The predicted octanol–water partition coefficient (Wildman–Crippen LogP) is 2.34. The molecule has 0 saturated heterocycles. The topological polar surface area (TPSA) is 59.3 Å². The van der Waals surface area contributed by atoms with Gasteiger partial charge in [0.2, 0.25) is 0 Å². The van der Waals surface area contributed by atoms with Crippen LogP contribution < -0.4 is 5.56 Å². The number of aromatic carboxylic acids is 1. The van der Waals surface area contributed by atoms with E-state index in [1.54, 1.807) is 12.1 Å². The molecule has 4 heteroatoms. The zero-order valence-corrected chi connectivity index (χ0v) is 10.0. The molecular formula is C14H13NO3. The van der Waals surface area contributed by atoms with Gasteiger partial charge in [-0.25, -0.2) is 4.79 Å². The number of nitrogens with zero attached hydrogens (tertiary/aromatic N) is 1. The second-order valence-electron chi connectivity index (χ2n) is 4.83. The van der Waals surface area contributed by atoms with E-state index in [1.807, 2.05) is 19.1 Å². The molecule has 2 aromatic rings. The third-order valence-electron chi connectivity index (χ3n) is 3.34. The second kappa shape index (κ2) is 3.70. The lowest BCUT2D eigenvalue weighted by Gasteiger charge is -2.10. The maximum Gasteiger partial charge on any atom is 0.352 e. The third-order valence-corrected chi connectivity index (χ3v) is 3.34. The summed E-state index contributed by atoms with van der Waals surface area (Å²) in [6, 6.07) is 7.16. The Labute approximate surface area is 103 Å². The highest BCUT2D eigenvalue weighted by Crippen LogP contribution is 2.35. The van der Waals surface area contributed by atoms with Gasteiger partial charge < -0.3 is 5.11 Å². The van der Waals surface area contributed by atoms with E-state index >= 15 is 0 Å². The number of aromatic nitrogens is 1. The predicted molar refractivity (Wildman–Crippen MR) is 68.2 cm³/mol. The lowest BCUT2D eigenvalue weighted by Crippen LogP contribution is -2.25.